The Hall–Kier alpha value is -1.82. The maximum atomic E-state index is 11.8. The van der Waals surface area contributed by atoms with Gasteiger partial charge in [0.15, 0.2) is 0 Å². The van der Waals surface area contributed by atoms with E-state index in [2.05, 4.69) is 15.5 Å². The average Bonchev–Trinajstić information content (AvgIpc) is 2.89. The molecule has 0 atom stereocenters. The minimum Gasteiger partial charge on any atom is -0.351 e. The topological polar surface area (TPSA) is 64.7 Å². The SMILES string of the molecule is Cc1nn(CCCNC(=O)c2cc(C)n(C)n2)cc1Cl. The molecular formula is C13H18ClN5O. The second kappa shape index (κ2) is 6.09. The summed E-state index contributed by atoms with van der Waals surface area (Å²) in [6.07, 6.45) is 2.58. The molecule has 0 saturated heterocycles. The molecule has 2 aromatic heterocycles. The predicted molar refractivity (Wildman–Crippen MR) is 76.9 cm³/mol. The Balaban J connectivity index is 1.77. The van der Waals surface area contributed by atoms with Crippen LogP contribution in [-0.4, -0.2) is 32.0 Å². The van der Waals surface area contributed by atoms with E-state index in [9.17, 15) is 4.79 Å². The predicted octanol–water partition coefficient (Wildman–Crippen LogP) is 1.71. The van der Waals surface area contributed by atoms with E-state index >= 15 is 0 Å². The van der Waals surface area contributed by atoms with Gasteiger partial charge in [0.05, 0.1) is 10.7 Å². The summed E-state index contributed by atoms with van der Waals surface area (Å²) in [4.78, 5) is 11.8. The van der Waals surface area contributed by atoms with Gasteiger partial charge in [0, 0.05) is 32.0 Å². The molecule has 0 aliphatic carbocycles. The number of nitrogens with zero attached hydrogens (tertiary/aromatic N) is 4. The average molecular weight is 296 g/mol. The first-order chi connectivity index (χ1) is 9.47. The molecule has 0 saturated carbocycles. The molecule has 0 unspecified atom stereocenters. The van der Waals surface area contributed by atoms with Gasteiger partial charge < -0.3 is 5.32 Å². The highest BCUT2D eigenvalue weighted by Crippen LogP contribution is 2.11. The van der Waals surface area contributed by atoms with Crippen LogP contribution in [0.15, 0.2) is 12.3 Å². The smallest absolute Gasteiger partial charge is 0.271 e. The van der Waals surface area contributed by atoms with Gasteiger partial charge in [0.1, 0.15) is 5.69 Å². The van der Waals surface area contributed by atoms with Crippen molar-refractivity contribution in [2.75, 3.05) is 6.54 Å². The van der Waals surface area contributed by atoms with Crippen LogP contribution in [0.5, 0.6) is 0 Å². The number of carbonyl (C=O) groups is 1. The third-order valence-corrected chi connectivity index (χ3v) is 3.45. The lowest BCUT2D eigenvalue weighted by atomic mass is 10.3. The number of carbonyl (C=O) groups excluding carboxylic acids is 1. The zero-order chi connectivity index (χ0) is 14.7. The molecule has 2 rings (SSSR count). The summed E-state index contributed by atoms with van der Waals surface area (Å²) in [7, 11) is 1.82. The number of aromatic nitrogens is 4. The standard InChI is InChI=1S/C13H18ClN5O/c1-9-7-12(17-18(9)3)13(20)15-5-4-6-19-8-11(14)10(2)16-19/h7-8H,4-6H2,1-3H3,(H,15,20). The second-order valence-corrected chi connectivity index (χ2v) is 5.14. The zero-order valence-electron chi connectivity index (χ0n) is 11.9. The Morgan fingerprint density at radius 1 is 1.40 bits per heavy atom. The Morgan fingerprint density at radius 3 is 2.70 bits per heavy atom. The molecule has 6 nitrogen and oxygen atoms in total. The molecule has 0 aromatic carbocycles. The molecule has 1 amide bonds. The number of halogens is 1. The van der Waals surface area contributed by atoms with Crippen LogP contribution in [0.4, 0.5) is 0 Å². The minimum absolute atomic E-state index is 0.150. The normalized spacial score (nSPS) is 10.8. The van der Waals surface area contributed by atoms with Crippen LogP contribution >= 0.6 is 11.6 Å². The zero-order valence-corrected chi connectivity index (χ0v) is 12.6. The maximum absolute atomic E-state index is 11.8. The van der Waals surface area contributed by atoms with E-state index in [0.717, 1.165) is 24.4 Å². The summed E-state index contributed by atoms with van der Waals surface area (Å²) in [5.41, 5.74) is 2.22. The van der Waals surface area contributed by atoms with Gasteiger partial charge in [-0.2, -0.15) is 10.2 Å². The maximum Gasteiger partial charge on any atom is 0.271 e. The molecule has 0 aliphatic rings. The number of hydrogen-bond donors (Lipinski definition) is 1. The van der Waals surface area contributed by atoms with Gasteiger partial charge in [-0.3, -0.25) is 14.2 Å². The van der Waals surface area contributed by atoms with Crippen molar-refractivity contribution in [1.82, 2.24) is 24.9 Å². The molecular weight excluding hydrogens is 278 g/mol. The van der Waals surface area contributed by atoms with Crippen molar-refractivity contribution in [3.05, 3.63) is 34.4 Å². The molecule has 0 aliphatic heterocycles. The lowest BCUT2D eigenvalue weighted by Gasteiger charge is -2.03. The fourth-order valence-corrected chi connectivity index (χ4v) is 1.96. The van der Waals surface area contributed by atoms with Gasteiger partial charge in [-0.05, 0) is 26.3 Å². The van der Waals surface area contributed by atoms with Gasteiger partial charge in [0.25, 0.3) is 5.91 Å². The first-order valence-electron chi connectivity index (χ1n) is 6.46. The van der Waals surface area contributed by atoms with Gasteiger partial charge in [-0.15, -0.1) is 0 Å². The van der Waals surface area contributed by atoms with E-state index in [1.807, 2.05) is 20.9 Å². The van der Waals surface area contributed by atoms with Crippen LogP contribution in [0.3, 0.4) is 0 Å². The third-order valence-electron chi connectivity index (χ3n) is 3.08. The van der Waals surface area contributed by atoms with Crippen molar-refractivity contribution in [2.24, 2.45) is 7.05 Å². The van der Waals surface area contributed by atoms with Crippen molar-refractivity contribution in [3.8, 4) is 0 Å². The van der Waals surface area contributed by atoms with Crippen LogP contribution < -0.4 is 5.32 Å². The number of rotatable bonds is 5. The van der Waals surface area contributed by atoms with Crippen molar-refractivity contribution in [3.63, 3.8) is 0 Å². The first-order valence-corrected chi connectivity index (χ1v) is 6.83. The minimum atomic E-state index is -0.150. The highest BCUT2D eigenvalue weighted by atomic mass is 35.5. The van der Waals surface area contributed by atoms with Crippen LogP contribution in [0.1, 0.15) is 28.3 Å². The van der Waals surface area contributed by atoms with Crippen LogP contribution in [-0.2, 0) is 13.6 Å². The quantitative estimate of drug-likeness (QED) is 0.854. The van der Waals surface area contributed by atoms with E-state index in [-0.39, 0.29) is 5.91 Å². The fourth-order valence-electron chi connectivity index (χ4n) is 1.81. The Labute approximate surface area is 122 Å². The summed E-state index contributed by atoms with van der Waals surface area (Å²) in [5.74, 6) is -0.150. The monoisotopic (exact) mass is 295 g/mol. The molecule has 0 fully saturated rings. The number of hydrogen-bond acceptors (Lipinski definition) is 3. The van der Waals surface area contributed by atoms with Crippen molar-refractivity contribution in [1.29, 1.82) is 0 Å². The second-order valence-electron chi connectivity index (χ2n) is 4.73. The molecule has 20 heavy (non-hydrogen) atoms. The molecule has 7 heteroatoms. The van der Waals surface area contributed by atoms with Crippen LogP contribution in [0.2, 0.25) is 5.02 Å². The van der Waals surface area contributed by atoms with Crippen molar-refractivity contribution >= 4 is 17.5 Å². The highest BCUT2D eigenvalue weighted by Gasteiger charge is 2.10. The summed E-state index contributed by atoms with van der Waals surface area (Å²) in [6, 6.07) is 1.77. The number of nitrogens with one attached hydrogen (secondary N) is 1. The molecule has 2 aromatic rings. The molecule has 2 heterocycles. The van der Waals surface area contributed by atoms with Crippen LogP contribution in [0, 0.1) is 13.8 Å². The van der Waals surface area contributed by atoms with Gasteiger partial charge >= 0.3 is 0 Å². The van der Waals surface area contributed by atoms with Gasteiger partial charge in [-0.1, -0.05) is 11.6 Å². The number of aryl methyl sites for hydroxylation is 4. The largest absolute Gasteiger partial charge is 0.351 e. The van der Waals surface area contributed by atoms with Gasteiger partial charge in [0.2, 0.25) is 0 Å². The molecule has 1 N–H and O–H groups in total. The van der Waals surface area contributed by atoms with E-state index in [0.29, 0.717) is 17.3 Å². The molecule has 108 valence electrons. The summed E-state index contributed by atoms with van der Waals surface area (Å²) < 4.78 is 3.47. The van der Waals surface area contributed by atoms with Crippen LogP contribution in [0.25, 0.3) is 0 Å². The first kappa shape index (κ1) is 14.6. The van der Waals surface area contributed by atoms with E-state index in [4.69, 9.17) is 11.6 Å². The molecule has 0 radical (unpaired) electrons. The molecule has 0 spiro atoms. The lowest BCUT2D eigenvalue weighted by molar-refractivity contribution is 0.0947. The van der Waals surface area contributed by atoms with E-state index in [1.165, 1.54) is 0 Å². The lowest BCUT2D eigenvalue weighted by Crippen LogP contribution is -2.25. The van der Waals surface area contributed by atoms with E-state index in [1.54, 1.807) is 21.6 Å². The third kappa shape index (κ3) is 3.39. The number of amides is 1. The highest BCUT2D eigenvalue weighted by molar-refractivity contribution is 6.31. The molecule has 0 bridgehead atoms. The Morgan fingerprint density at radius 2 is 2.15 bits per heavy atom. The van der Waals surface area contributed by atoms with Crippen molar-refractivity contribution < 1.29 is 4.79 Å². The fraction of sp³-hybridized carbons (Fsp3) is 0.462. The summed E-state index contributed by atoms with van der Waals surface area (Å²) in [5, 5.41) is 11.9. The Kier molecular flexibility index (Phi) is 4.44. The summed E-state index contributed by atoms with van der Waals surface area (Å²) >= 11 is 5.93. The summed E-state index contributed by atoms with van der Waals surface area (Å²) in [6.45, 7) is 5.07. The Bertz CT molecular complexity index is 577. The van der Waals surface area contributed by atoms with Gasteiger partial charge in [-0.25, -0.2) is 0 Å². The van der Waals surface area contributed by atoms with Crippen molar-refractivity contribution in [2.45, 2.75) is 26.8 Å². The van der Waals surface area contributed by atoms with E-state index < -0.39 is 0 Å².